The smallest absolute Gasteiger partial charge is 0.191 e. The minimum absolute atomic E-state index is 0. The lowest BCUT2D eigenvalue weighted by atomic mass is 9.98. The quantitative estimate of drug-likeness (QED) is 0.375. The first-order valence-electron chi connectivity index (χ1n) is 9.41. The zero-order valence-electron chi connectivity index (χ0n) is 16.1. The summed E-state index contributed by atoms with van der Waals surface area (Å²) in [4.78, 5) is 4.28. The van der Waals surface area contributed by atoms with Crippen LogP contribution in [-0.2, 0) is 20.1 Å². The van der Waals surface area contributed by atoms with E-state index in [2.05, 4.69) is 38.9 Å². The molecule has 0 aliphatic heterocycles. The summed E-state index contributed by atoms with van der Waals surface area (Å²) < 4.78 is 8.01. The van der Waals surface area contributed by atoms with Crippen molar-refractivity contribution in [2.24, 2.45) is 12.0 Å². The Kier molecular flexibility index (Phi) is 8.90. The second kappa shape index (κ2) is 11.2. The maximum Gasteiger partial charge on any atom is 0.191 e. The molecular formula is C20H30IN5O. The normalized spacial score (nSPS) is 15.1. The molecule has 0 unspecified atom stereocenters. The van der Waals surface area contributed by atoms with E-state index in [1.807, 2.05) is 23.9 Å². The van der Waals surface area contributed by atoms with E-state index in [-0.39, 0.29) is 24.0 Å². The number of benzene rings is 1. The third-order valence-corrected chi connectivity index (χ3v) is 4.80. The minimum Gasteiger partial charge on any atom is -0.490 e. The van der Waals surface area contributed by atoms with Crippen molar-refractivity contribution in [3.8, 4) is 5.75 Å². The molecule has 1 aliphatic carbocycles. The highest BCUT2D eigenvalue weighted by atomic mass is 127. The maximum atomic E-state index is 6.16. The summed E-state index contributed by atoms with van der Waals surface area (Å²) in [6.45, 7) is 1.38. The highest BCUT2D eigenvalue weighted by Gasteiger charge is 2.14. The van der Waals surface area contributed by atoms with Crippen LogP contribution in [0.4, 0.5) is 0 Å². The van der Waals surface area contributed by atoms with Gasteiger partial charge in [-0.3, -0.25) is 9.67 Å². The fraction of sp³-hybridized carbons (Fsp3) is 0.500. The summed E-state index contributed by atoms with van der Waals surface area (Å²) >= 11 is 0. The Balaban J connectivity index is 0.00000261. The van der Waals surface area contributed by atoms with Crippen molar-refractivity contribution in [3.05, 3.63) is 47.8 Å². The minimum atomic E-state index is 0. The first kappa shape index (κ1) is 21.5. The second-order valence-corrected chi connectivity index (χ2v) is 6.75. The Hall–Kier alpha value is -1.77. The Morgan fingerprint density at radius 2 is 1.96 bits per heavy atom. The molecule has 27 heavy (non-hydrogen) atoms. The van der Waals surface area contributed by atoms with Gasteiger partial charge in [0.25, 0.3) is 0 Å². The van der Waals surface area contributed by atoms with Gasteiger partial charge in [-0.1, -0.05) is 18.6 Å². The van der Waals surface area contributed by atoms with Gasteiger partial charge in [0, 0.05) is 26.8 Å². The third-order valence-electron chi connectivity index (χ3n) is 4.80. The lowest BCUT2D eigenvalue weighted by molar-refractivity contribution is 0.155. The van der Waals surface area contributed by atoms with Crippen LogP contribution in [0.15, 0.2) is 41.5 Å². The fourth-order valence-electron chi connectivity index (χ4n) is 3.26. The molecule has 1 aromatic heterocycles. The number of hydrogen-bond acceptors (Lipinski definition) is 3. The summed E-state index contributed by atoms with van der Waals surface area (Å²) in [5.41, 5.74) is 2.29. The van der Waals surface area contributed by atoms with E-state index in [1.165, 1.54) is 37.7 Å². The SMILES string of the molecule is CN=C(NCc1cccc(OC2CCCCC2)c1)NCc1ccnn1C.I. The molecule has 0 spiro atoms. The number of halogens is 1. The molecule has 1 fully saturated rings. The van der Waals surface area contributed by atoms with Gasteiger partial charge in [0.15, 0.2) is 5.96 Å². The van der Waals surface area contributed by atoms with Crippen LogP contribution in [0.1, 0.15) is 43.4 Å². The Labute approximate surface area is 178 Å². The van der Waals surface area contributed by atoms with Crippen LogP contribution in [0.5, 0.6) is 5.75 Å². The number of aryl methyl sites for hydroxylation is 1. The van der Waals surface area contributed by atoms with Crippen LogP contribution in [0, 0.1) is 0 Å². The molecular weight excluding hydrogens is 453 g/mol. The molecule has 0 radical (unpaired) electrons. The van der Waals surface area contributed by atoms with Gasteiger partial charge in [0.05, 0.1) is 18.3 Å². The van der Waals surface area contributed by atoms with Crippen molar-refractivity contribution < 1.29 is 4.74 Å². The zero-order chi connectivity index (χ0) is 18.2. The molecule has 1 aromatic carbocycles. The van der Waals surface area contributed by atoms with Crippen LogP contribution >= 0.6 is 24.0 Å². The first-order chi connectivity index (χ1) is 12.7. The molecule has 7 heteroatoms. The van der Waals surface area contributed by atoms with Crippen LogP contribution in [-0.4, -0.2) is 28.9 Å². The topological polar surface area (TPSA) is 63.5 Å². The Morgan fingerprint density at radius 3 is 2.67 bits per heavy atom. The fourth-order valence-corrected chi connectivity index (χ4v) is 3.26. The number of aromatic nitrogens is 2. The molecule has 1 aliphatic rings. The molecule has 1 heterocycles. The van der Waals surface area contributed by atoms with Crippen molar-refractivity contribution in [1.29, 1.82) is 0 Å². The molecule has 3 rings (SSSR count). The summed E-state index contributed by atoms with van der Waals surface area (Å²) in [6.07, 6.45) is 8.43. The average Bonchev–Trinajstić information content (AvgIpc) is 3.08. The predicted molar refractivity (Wildman–Crippen MR) is 120 cm³/mol. The van der Waals surface area contributed by atoms with Gasteiger partial charge in [-0.2, -0.15) is 5.10 Å². The number of nitrogens with zero attached hydrogens (tertiary/aromatic N) is 3. The predicted octanol–water partition coefficient (Wildman–Crippen LogP) is 3.61. The van der Waals surface area contributed by atoms with Crippen molar-refractivity contribution in [1.82, 2.24) is 20.4 Å². The summed E-state index contributed by atoms with van der Waals surface area (Å²) in [6, 6.07) is 10.3. The highest BCUT2D eigenvalue weighted by molar-refractivity contribution is 14.0. The number of ether oxygens (including phenoxy) is 1. The Morgan fingerprint density at radius 1 is 1.19 bits per heavy atom. The van der Waals surface area contributed by atoms with Crippen LogP contribution in [0.2, 0.25) is 0 Å². The number of nitrogens with one attached hydrogen (secondary N) is 2. The van der Waals surface area contributed by atoms with Gasteiger partial charge in [0.2, 0.25) is 0 Å². The highest BCUT2D eigenvalue weighted by Crippen LogP contribution is 2.23. The molecule has 0 bridgehead atoms. The molecule has 0 atom stereocenters. The van der Waals surface area contributed by atoms with Crippen LogP contribution in [0.25, 0.3) is 0 Å². The summed E-state index contributed by atoms with van der Waals surface area (Å²) in [5.74, 6) is 1.74. The van der Waals surface area contributed by atoms with E-state index in [9.17, 15) is 0 Å². The zero-order valence-corrected chi connectivity index (χ0v) is 18.5. The number of aliphatic imine (C=N–C) groups is 1. The summed E-state index contributed by atoms with van der Waals surface area (Å²) in [5, 5.41) is 10.8. The Bertz CT molecular complexity index is 725. The number of guanidine groups is 1. The lowest BCUT2D eigenvalue weighted by Crippen LogP contribution is -2.36. The van der Waals surface area contributed by atoms with Gasteiger partial charge in [-0.25, -0.2) is 0 Å². The van der Waals surface area contributed by atoms with Gasteiger partial charge < -0.3 is 15.4 Å². The molecule has 2 N–H and O–H groups in total. The molecule has 0 amide bonds. The van der Waals surface area contributed by atoms with Crippen molar-refractivity contribution in [2.75, 3.05) is 7.05 Å². The van der Waals surface area contributed by atoms with Crippen LogP contribution < -0.4 is 15.4 Å². The van der Waals surface area contributed by atoms with Gasteiger partial charge in [0.1, 0.15) is 5.75 Å². The molecule has 2 aromatic rings. The van der Waals surface area contributed by atoms with Crippen molar-refractivity contribution in [3.63, 3.8) is 0 Å². The molecule has 1 saturated carbocycles. The van der Waals surface area contributed by atoms with Gasteiger partial charge in [-0.15, -0.1) is 24.0 Å². The van der Waals surface area contributed by atoms with Gasteiger partial charge in [-0.05, 0) is 49.4 Å². The van der Waals surface area contributed by atoms with E-state index in [4.69, 9.17) is 4.74 Å². The second-order valence-electron chi connectivity index (χ2n) is 6.75. The van der Waals surface area contributed by atoms with E-state index in [1.54, 1.807) is 13.2 Å². The van der Waals surface area contributed by atoms with Crippen molar-refractivity contribution >= 4 is 29.9 Å². The number of rotatable bonds is 6. The molecule has 6 nitrogen and oxygen atoms in total. The molecule has 148 valence electrons. The standard InChI is InChI=1S/C20H29N5O.HI/c1-21-20(23-15-17-11-12-24-25(17)2)22-14-16-7-6-10-19(13-16)26-18-8-4-3-5-9-18;/h6-7,10-13,18H,3-5,8-9,14-15H2,1-2H3,(H2,21,22,23);1H. The largest absolute Gasteiger partial charge is 0.490 e. The summed E-state index contributed by atoms with van der Waals surface area (Å²) in [7, 11) is 3.71. The average molecular weight is 483 g/mol. The van der Waals surface area contributed by atoms with E-state index in [0.717, 1.165) is 17.4 Å². The van der Waals surface area contributed by atoms with E-state index in [0.29, 0.717) is 19.2 Å². The van der Waals surface area contributed by atoms with E-state index < -0.39 is 0 Å². The van der Waals surface area contributed by atoms with E-state index >= 15 is 0 Å². The van der Waals surface area contributed by atoms with Crippen LogP contribution in [0.3, 0.4) is 0 Å². The first-order valence-corrected chi connectivity index (χ1v) is 9.41. The molecule has 0 saturated heterocycles. The monoisotopic (exact) mass is 483 g/mol. The van der Waals surface area contributed by atoms with Gasteiger partial charge >= 0.3 is 0 Å². The third kappa shape index (κ3) is 6.71. The lowest BCUT2D eigenvalue weighted by Gasteiger charge is -2.23. The maximum absolute atomic E-state index is 6.16. The van der Waals surface area contributed by atoms with Crippen molar-refractivity contribution in [2.45, 2.75) is 51.3 Å². The number of hydrogen-bond donors (Lipinski definition) is 2.